The van der Waals surface area contributed by atoms with Crippen LogP contribution in [0.3, 0.4) is 0 Å². The zero-order chi connectivity index (χ0) is 37.3. The molecule has 2 aromatic heterocycles. The molecule has 1 aliphatic carbocycles. The summed E-state index contributed by atoms with van der Waals surface area (Å²) in [5.41, 5.74) is 10.5. The Hall–Kier alpha value is -7.17. The van der Waals surface area contributed by atoms with Gasteiger partial charge in [0, 0.05) is 33.2 Å². The van der Waals surface area contributed by atoms with Crippen LogP contribution in [0.5, 0.6) is 0 Å². The molecule has 0 saturated heterocycles. The molecule has 4 nitrogen and oxygen atoms in total. The van der Waals surface area contributed by atoms with Gasteiger partial charge in [-0.25, -0.2) is 15.0 Å². The van der Waals surface area contributed by atoms with Crippen LogP contribution in [-0.4, -0.2) is 19.5 Å². The minimum absolute atomic E-state index is 0.550. The number of hydrogen-bond acceptors (Lipinski definition) is 3. The SMILES string of the molecule is C1=CC(C(c2ccccc2)(c2ccccc2)c2cccc(-c3nc(-c4ccccc4)nc(-c4ccc5c(c4)c4ccccc4n5-c4ccccc4)n3)c2)=CCC1. The molecule has 0 unspecified atom stereocenters. The van der Waals surface area contributed by atoms with Gasteiger partial charge < -0.3 is 4.57 Å². The Labute approximate surface area is 326 Å². The summed E-state index contributed by atoms with van der Waals surface area (Å²) in [5, 5.41) is 2.33. The van der Waals surface area contributed by atoms with E-state index in [0.717, 1.165) is 57.2 Å². The molecule has 266 valence electrons. The summed E-state index contributed by atoms with van der Waals surface area (Å²) in [6.45, 7) is 0. The lowest BCUT2D eigenvalue weighted by molar-refractivity contribution is 0.730. The van der Waals surface area contributed by atoms with Gasteiger partial charge in [0.15, 0.2) is 17.5 Å². The molecule has 0 bridgehead atoms. The summed E-state index contributed by atoms with van der Waals surface area (Å²) in [6.07, 6.45) is 9.07. The highest BCUT2D eigenvalue weighted by molar-refractivity contribution is 6.10. The highest BCUT2D eigenvalue weighted by Gasteiger charge is 2.39. The normalized spacial score (nSPS) is 12.9. The average Bonchev–Trinajstić information content (AvgIpc) is 3.62. The van der Waals surface area contributed by atoms with Gasteiger partial charge in [-0.05, 0) is 77.6 Å². The Morgan fingerprint density at radius 1 is 0.411 bits per heavy atom. The van der Waals surface area contributed by atoms with Crippen LogP contribution in [0.4, 0.5) is 0 Å². The highest BCUT2D eigenvalue weighted by atomic mass is 15.0. The van der Waals surface area contributed by atoms with Gasteiger partial charge in [-0.1, -0.05) is 164 Å². The summed E-state index contributed by atoms with van der Waals surface area (Å²) >= 11 is 0. The van der Waals surface area contributed by atoms with E-state index in [1.54, 1.807) is 0 Å². The van der Waals surface area contributed by atoms with Crippen LogP contribution in [-0.2, 0) is 5.41 Å². The summed E-state index contributed by atoms with van der Waals surface area (Å²) in [4.78, 5) is 15.6. The fourth-order valence-corrected chi connectivity index (χ4v) is 8.48. The third kappa shape index (κ3) is 5.75. The number of fused-ring (bicyclic) bond motifs is 3. The van der Waals surface area contributed by atoms with Gasteiger partial charge in [0.25, 0.3) is 0 Å². The first kappa shape index (κ1) is 33.4. The van der Waals surface area contributed by atoms with E-state index >= 15 is 0 Å². The maximum atomic E-state index is 5.27. The van der Waals surface area contributed by atoms with Crippen LogP contribution >= 0.6 is 0 Å². The quantitative estimate of drug-likeness (QED) is 0.147. The number of aromatic nitrogens is 4. The van der Waals surface area contributed by atoms with Crippen molar-refractivity contribution in [3.63, 3.8) is 0 Å². The lowest BCUT2D eigenvalue weighted by Gasteiger charge is -2.38. The van der Waals surface area contributed by atoms with Crippen molar-refractivity contribution in [1.29, 1.82) is 0 Å². The molecule has 0 N–H and O–H groups in total. The van der Waals surface area contributed by atoms with Crippen LogP contribution in [0.1, 0.15) is 29.5 Å². The fourth-order valence-electron chi connectivity index (χ4n) is 8.48. The van der Waals surface area contributed by atoms with E-state index in [9.17, 15) is 0 Å². The minimum Gasteiger partial charge on any atom is -0.309 e. The number of allylic oxidation sites excluding steroid dienone is 4. The molecular formula is C52H38N4. The largest absolute Gasteiger partial charge is 0.309 e. The van der Waals surface area contributed by atoms with Crippen molar-refractivity contribution >= 4 is 21.8 Å². The van der Waals surface area contributed by atoms with Gasteiger partial charge in [-0.2, -0.15) is 0 Å². The van der Waals surface area contributed by atoms with Crippen molar-refractivity contribution in [2.24, 2.45) is 0 Å². The molecule has 4 heteroatoms. The Kier molecular flexibility index (Phi) is 8.49. The van der Waals surface area contributed by atoms with Crippen molar-refractivity contribution in [3.8, 4) is 39.9 Å². The predicted octanol–water partition coefficient (Wildman–Crippen LogP) is 12.6. The Morgan fingerprint density at radius 2 is 0.946 bits per heavy atom. The molecule has 0 spiro atoms. The van der Waals surface area contributed by atoms with Crippen molar-refractivity contribution in [2.45, 2.75) is 18.3 Å². The van der Waals surface area contributed by atoms with Crippen LogP contribution in [0.2, 0.25) is 0 Å². The molecule has 0 radical (unpaired) electrons. The summed E-state index contributed by atoms with van der Waals surface area (Å²) in [5.74, 6) is 1.90. The van der Waals surface area contributed by atoms with E-state index < -0.39 is 5.41 Å². The second-order valence-corrected chi connectivity index (χ2v) is 14.3. The summed E-state index contributed by atoms with van der Waals surface area (Å²) in [6, 6.07) is 66.5. The monoisotopic (exact) mass is 718 g/mol. The molecule has 0 amide bonds. The molecule has 0 fully saturated rings. The summed E-state index contributed by atoms with van der Waals surface area (Å²) < 4.78 is 2.33. The zero-order valence-electron chi connectivity index (χ0n) is 30.8. The number of benzene rings is 7. The highest BCUT2D eigenvalue weighted by Crippen LogP contribution is 2.47. The number of nitrogens with zero attached hydrogens (tertiary/aromatic N) is 4. The van der Waals surface area contributed by atoms with E-state index in [1.807, 2.05) is 18.2 Å². The number of hydrogen-bond donors (Lipinski definition) is 0. The molecule has 0 atom stereocenters. The lowest BCUT2D eigenvalue weighted by atomic mass is 9.63. The van der Waals surface area contributed by atoms with Crippen LogP contribution < -0.4 is 0 Å². The maximum absolute atomic E-state index is 5.27. The van der Waals surface area contributed by atoms with Crippen molar-refractivity contribution < 1.29 is 0 Å². The van der Waals surface area contributed by atoms with E-state index in [-0.39, 0.29) is 0 Å². The molecule has 10 rings (SSSR count). The van der Waals surface area contributed by atoms with Crippen molar-refractivity contribution in [2.75, 3.05) is 0 Å². The van der Waals surface area contributed by atoms with Gasteiger partial charge in [0.05, 0.1) is 16.4 Å². The Morgan fingerprint density at radius 3 is 1.61 bits per heavy atom. The summed E-state index contributed by atoms with van der Waals surface area (Å²) in [7, 11) is 0. The molecule has 0 aliphatic heterocycles. The Balaban J connectivity index is 1.18. The molecule has 2 heterocycles. The maximum Gasteiger partial charge on any atom is 0.164 e. The first-order valence-corrected chi connectivity index (χ1v) is 19.3. The third-order valence-electron chi connectivity index (χ3n) is 11.0. The van der Waals surface area contributed by atoms with Crippen LogP contribution in [0.25, 0.3) is 61.7 Å². The topological polar surface area (TPSA) is 43.6 Å². The van der Waals surface area contributed by atoms with E-state index in [1.165, 1.54) is 22.1 Å². The molecule has 7 aromatic carbocycles. The second-order valence-electron chi connectivity index (χ2n) is 14.3. The first-order valence-electron chi connectivity index (χ1n) is 19.3. The van der Waals surface area contributed by atoms with Crippen LogP contribution in [0, 0.1) is 0 Å². The fraction of sp³-hybridized carbons (Fsp3) is 0.0577. The standard InChI is InChI=1S/C52H38N4/c1-6-19-37(20-7-1)49-53-50(55-51(54-49)39-33-34-48-46(36-39)45-31-16-17-32-47(45)56(48)44-29-14-5-15-30-44)38-21-18-28-43(35-38)52(40-22-8-2-9-23-40,41-24-10-3-11-25-41)42-26-12-4-13-27-42/h1-3,5-12,14-36H,4,13H2. The van der Waals surface area contributed by atoms with Gasteiger partial charge in [-0.3, -0.25) is 0 Å². The Bertz CT molecular complexity index is 2850. The van der Waals surface area contributed by atoms with Gasteiger partial charge in [0.1, 0.15) is 0 Å². The zero-order valence-corrected chi connectivity index (χ0v) is 30.8. The van der Waals surface area contributed by atoms with Gasteiger partial charge in [0.2, 0.25) is 0 Å². The second kappa shape index (κ2) is 14.2. The van der Waals surface area contributed by atoms with Gasteiger partial charge >= 0.3 is 0 Å². The molecular weight excluding hydrogens is 681 g/mol. The minimum atomic E-state index is -0.550. The smallest absolute Gasteiger partial charge is 0.164 e. The van der Waals surface area contributed by atoms with E-state index in [4.69, 9.17) is 15.0 Å². The van der Waals surface area contributed by atoms with E-state index in [2.05, 4.69) is 193 Å². The third-order valence-corrected chi connectivity index (χ3v) is 11.0. The molecule has 0 saturated carbocycles. The van der Waals surface area contributed by atoms with Crippen molar-refractivity contribution in [1.82, 2.24) is 19.5 Å². The first-order chi connectivity index (χ1) is 27.8. The lowest BCUT2D eigenvalue weighted by Crippen LogP contribution is -2.32. The molecule has 56 heavy (non-hydrogen) atoms. The van der Waals surface area contributed by atoms with Crippen LogP contribution in [0.15, 0.2) is 212 Å². The molecule has 9 aromatic rings. The van der Waals surface area contributed by atoms with Crippen molar-refractivity contribution in [3.05, 3.63) is 229 Å². The van der Waals surface area contributed by atoms with Gasteiger partial charge in [-0.15, -0.1) is 0 Å². The molecule has 1 aliphatic rings. The number of para-hydroxylation sites is 2. The van der Waals surface area contributed by atoms with E-state index in [0.29, 0.717) is 17.5 Å². The predicted molar refractivity (Wildman–Crippen MR) is 230 cm³/mol. The average molecular weight is 719 g/mol. The number of rotatable bonds is 8.